The highest BCUT2D eigenvalue weighted by Crippen LogP contribution is 2.20. The Kier molecular flexibility index (Phi) is 4.96. The van der Waals surface area contributed by atoms with Crippen LogP contribution >= 0.6 is 11.8 Å². The van der Waals surface area contributed by atoms with Crippen molar-refractivity contribution in [2.24, 2.45) is 0 Å². The molecule has 1 fully saturated rings. The van der Waals surface area contributed by atoms with E-state index in [9.17, 15) is 14.7 Å². The summed E-state index contributed by atoms with van der Waals surface area (Å²) in [6.45, 7) is 0.0221. The molecule has 0 atom stereocenters. The Morgan fingerprint density at radius 2 is 2.15 bits per heavy atom. The summed E-state index contributed by atoms with van der Waals surface area (Å²) in [4.78, 5) is 22.2. The first kappa shape index (κ1) is 14.8. The molecule has 20 heavy (non-hydrogen) atoms. The van der Waals surface area contributed by atoms with Gasteiger partial charge in [-0.15, -0.1) is 10.2 Å². The summed E-state index contributed by atoms with van der Waals surface area (Å²) in [5, 5.41) is 28.7. The van der Waals surface area contributed by atoms with Crippen molar-refractivity contribution >= 4 is 23.6 Å². The van der Waals surface area contributed by atoms with Gasteiger partial charge in [0, 0.05) is 19.0 Å². The number of aliphatic hydroxyl groups is 1. The molecule has 0 saturated heterocycles. The highest BCUT2D eigenvalue weighted by molar-refractivity contribution is 7.99. The lowest BCUT2D eigenvalue weighted by atomic mass is 10.4. The van der Waals surface area contributed by atoms with E-state index in [-0.39, 0.29) is 24.7 Å². The first-order valence-electron chi connectivity index (χ1n) is 6.27. The van der Waals surface area contributed by atoms with E-state index in [4.69, 9.17) is 5.11 Å². The molecule has 8 nitrogen and oxygen atoms in total. The smallest absolute Gasteiger partial charge is 0.313 e. The summed E-state index contributed by atoms with van der Waals surface area (Å²) in [7, 11) is 0. The van der Waals surface area contributed by atoms with Crippen LogP contribution < -0.4 is 5.32 Å². The number of amides is 1. The predicted molar refractivity (Wildman–Crippen MR) is 70.1 cm³/mol. The van der Waals surface area contributed by atoms with E-state index in [0.29, 0.717) is 23.6 Å². The van der Waals surface area contributed by atoms with E-state index in [1.165, 1.54) is 0 Å². The summed E-state index contributed by atoms with van der Waals surface area (Å²) in [5.41, 5.74) is 0. The molecule has 1 aliphatic rings. The summed E-state index contributed by atoms with van der Waals surface area (Å²) in [6, 6.07) is 0.307. The number of carbonyl (C=O) groups is 2. The summed E-state index contributed by atoms with van der Waals surface area (Å²) in [5.74, 6) is -0.823. The van der Waals surface area contributed by atoms with Crippen molar-refractivity contribution in [1.29, 1.82) is 0 Å². The molecule has 3 N–H and O–H groups in total. The SMILES string of the molecule is O=C(O)CSc1nnc(CO)n1CCC(=O)NC1CC1. The van der Waals surface area contributed by atoms with Crippen LogP contribution in [0.15, 0.2) is 5.16 Å². The molecule has 1 saturated carbocycles. The summed E-state index contributed by atoms with van der Waals surface area (Å²) >= 11 is 1.02. The van der Waals surface area contributed by atoms with Gasteiger partial charge < -0.3 is 20.1 Å². The van der Waals surface area contributed by atoms with Gasteiger partial charge in [0.1, 0.15) is 6.61 Å². The quantitative estimate of drug-likeness (QED) is 0.560. The van der Waals surface area contributed by atoms with Gasteiger partial charge in [0.05, 0.1) is 5.75 Å². The van der Waals surface area contributed by atoms with Crippen molar-refractivity contribution in [3.05, 3.63) is 5.82 Å². The lowest BCUT2D eigenvalue weighted by Gasteiger charge is -2.08. The Labute approximate surface area is 119 Å². The van der Waals surface area contributed by atoms with Crippen LogP contribution in [0.4, 0.5) is 0 Å². The fraction of sp³-hybridized carbons (Fsp3) is 0.636. The Hall–Kier alpha value is -1.61. The zero-order valence-electron chi connectivity index (χ0n) is 10.8. The van der Waals surface area contributed by atoms with Crippen LogP contribution in [0.3, 0.4) is 0 Å². The van der Waals surface area contributed by atoms with Crippen molar-refractivity contribution < 1.29 is 19.8 Å². The highest BCUT2D eigenvalue weighted by atomic mass is 32.2. The fourth-order valence-corrected chi connectivity index (χ4v) is 2.34. The number of carboxylic acids is 1. The molecular formula is C11H16N4O4S. The second-order valence-electron chi connectivity index (χ2n) is 4.48. The normalized spacial score (nSPS) is 14.2. The standard InChI is InChI=1S/C11H16N4O4S/c16-5-8-13-14-11(20-6-10(18)19)15(8)4-3-9(17)12-7-1-2-7/h7,16H,1-6H2,(H,12,17)(H,18,19). The molecule has 1 amide bonds. The maximum atomic E-state index is 11.6. The van der Waals surface area contributed by atoms with Crippen LogP contribution in [0.2, 0.25) is 0 Å². The molecule has 1 aliphatic carbocycles. The molecule has 0 bridgehead atoms. The Morgan fingerprint density at radius 1 is 1.40 bits per heavy atom. The second-order valence-corrected chi connectivity index (χ2v) is 5.43. The van der Waals surface area contributed by atoms with E-state index in [0.717, 1.165) is 24.6 Å². The van der Waals surface area contributed by atoms with Crippen LogP contribution in [0.5, 0.6) is 0 Å². The van der Waals surface area contributed by atoms with Gasteiger partial charge in [-0.3, -0.25) is 9.59 Å². The van der Waals surface area contributed by atoms with E-state index in [1.807, 2.05) is 0 Å². The minimum Gasteiger partial charge on any atom is -0.481 e. The molecule has 0 unspecified atom stereocenters. The van der Waals surface area contributed by atoms with Gasteiger partial charge >= 0.3 is 5.97 Å². The number of carbonyl (C=O) groups excluding carboxylic acids is 1. The maximum absolute atomic E-state index is 11.6. The van der Waals surface area contributed by atoms with E-state index in [1.54, 1.807) is 4.57 Å². The zero-order valence-corrected chi connectivity index (χ0v) is 11.6. The number of aromatic nitrogens is 3. The van der Waals surface area contributed by atoms with Gasteiger partial charge in [-0.05, 0) is 12.8 Å². The lowest BCUT2D eigenvalue weighted by molar-refractivity contribution is -0.134. The number of rotatable bonds is 8. The number of carboxylic acid groups (broad SMARTS) is 1. The Bertz CT molecular complexity index is 501. The maximum Gasteiger partial charge on any atom is 0.313 e. The number of hydrogen-bond acceptors (Lipinski definition) is 6. The average Bonchev–Trinajstić information content (AvgIpc) is 3.12. The number of thioether (sulfide) groups is 1. The van der Waals surface area contributed by atoms with E-state index < -0.39 is 5.97 Å². The first-order chi connectivity index (χ1) is 9.60. The van der Waals surface area contributed by atoms with Crippen LogP contribution in [0.1, 0.15) is 25.1 Å². The van der Waals surface area contributed by atoms with Gasteiger partial charge in [-0.25, -0.2) is 0 Å². The van der Waals surface area contributed by atoms with Crippen molar-refractivity contribution in [2.75, 3.05) is 5.75 Å². The third-order valence-corrected chi connectivity index (χ3v) is 3.72. The molecule has 0 aliphatic heterocycles. The lowest BCUT2D eigenvalue weighted by Crippen LogP contribution is -2.26. The minimum absolute atomic E-state index is 0.0562. The molecule has 9 heteroatoms. The molecule has 0 spiro atoms. The fourth-order valence-electron chi connectivity index (χ4n) is 1.63. The number of nitrogens with zero attached hydrogens (tertiary/aromatic N) is 3. The molecule has 1 aromatic heterocycles. The molecule has 1 aromatic rings. The molecule has 0 radical (unpaired) electrons. The van der Waals surface area contributed by atoms with Gasteiger partial charge in [0.15, 0.2) is 11.0 Å². The van der Waals surface area contributed by atoms with Crippen molar-refractivity contribution in [1.82, 2.24) is 20.1 Å². The Morgan fingerprint density at radius 3 is 2.75 bits per heavy atom. The van der Waals surface area contributed by atoms with Gasteiger partial charge in [-0.1, -0.05) is 11.8 Å². The third-order valence-electron chi connectivity index (χ3n) is 2.76. The molecule has 1 heterocycles. The predicted octanol–water partition coefficient (Wildman–Crippen LogP) is -0.384. The van der Waals surface area contributed by atoms with Crippen LogP contribution in [-0.2, 0) is 22.7 Å². The summed E-state index contributed by atoms with van der Waals surface area (Å²) in [6.07, 6.45) is 2.31. The zero-order chi connectivity index (χ0) is 14.5. The monoisotopic (exact) mass is 300 g/mol. The number of hydrogen-bond donors (Lipinski definition) is 3. The number of aliphatic hydroxyl groups excluding tert-OH is 1. The Balaban J connectivity index is 1.94. The number of nitrogens with one attached hydrogen (secondary N) is 1. The van der Waals surface area contributed by atoms with E-state index >= 15 is 0 Å². The first-order valence-corrected chi connectivity index (χ1v) is 7.25. The highest BCUT2D eigenvalue weighted by Gasteiger charge is 2.23. The molecule has 0 aromatic carbocycles. The van der Waals surface area contributed by atoms with E-state index in [2.05, 4.69) is 15.5 Å². The third kappa shape index (κ3) is 4.20. The largest absolute Gasteiger partial charge is 0.481 e. The van der Waals surface area contributed by atoms with Crippen LogP contribution in [-0.4, -0.2) is 48.6 Å². The topological polar surface area (TPSA) is 117 Å². The van der Waals surface area contributed by atoms with Crippen molar-refractivity contribution in [2.45, 2.75) is 43.6 Å². The number of aliphatic carboxylic acids is 1. The second kappa shape index (κ2) is 6.71. The van der Waals surface area contributed by atoms with Gasteiger partial charge in [0.25, 0.3) is 0 Å². The summed E-state index contributed by atoms with van der Waals surface area (Å²) < 4.78 is 1.58. The van der Waals surface area contributed by atoms with Crippen LogP contribution in [0.25, 0.3) is 0 Å². The van der Waals surface area contributed by atoms with Crippen LogP contribution in [0, 0.1) is 0 Å². The van der Waals surface area contributed by atoms with Gasteiger partial charge in [-0.2, -0.15) is 0 Å². The average molecular weight is 300 g/mol. The van der Waals surface area contributed by atoms with Crippen molar-refractivity contribution in [3.63, 3.8) is 0 Å². The van der Waals surface area contributed by atoms with Crippen molar-refractivity contribution in [3.8, 4) is 0 Å². The minimum atomic E-state index is -0.957. The molecule has 2 rings (SSSR count). The molecular weight excluding hydrogens is 284 g/mol. The van der Waals surface area contributed by atoms with Gasteiger partial charge in [0.2, 0.25) is 5.91 Å². The molecule has 110 valence electrons.